The van der Waals surface area contributed by atoms with Gasteiger partial charge in [0.1, 0.15) is 5.70 Å². The lowest BCUT2D eigenvalue weighted by molar-refractivity contribution is -0.137. The van der Waals surface area contributed by atoms with Crippen molar-refractivity contribution in [1.29, 1.82) is 0 Å². The molecule has 168 valence electrons. The molecule has 2 aliphatic heterocycles. The van der Waals surface area contributed by atoms with Crippen LogP contribution in [0.25, 0.3) is 5.57 Å². The van der Waals surface area contributed by atoms with E-state index in [0.717, 1.165) is 31.5 Å². The number of anilines is 1. The molecule has 1 fully saturated rings. The molecular weight excluding hydrogens is 422 g/mol. The third-order valence-electron chi connectivity index (χ3n) is 6.52. The minimum atomic E-state index is -0.197. The lowest BCUT2D eigenvalue weighted by Crippen LogP contribution is -2.48. The smallest absolute Gasteiger partial charge is 0.277 e. The van der Waals surface area contributed by atoms with Crippen LogP contribution in [0.15, 0.2) is 48.2 Å². The molecule has 0 bridgehead atoms. The van der Waals surface area contributed by atoms with Crippen LogP contribution in [0, 0.1) is 13.8 Å². The monoisotopic (exact) mass is 451 g/mol. The van der Waals surface area contributed by atoms with Crippen LogP contribution in [0.4, 0.5) is 5.69 Å². The summed E-state index contributed by atoms with van der Waals surface area (Å²) in [6, 6.07) is 13.6. The predicted octanol–water partition coefficient (Wildman–Crippen LogP) is 4.66. The lowest BCUT2D eigenvalue weighted by atomic mass is 10.0. The maximum Gasteiger partial charge on any atom is 0.277 e. The van der Waals surface area contributed by atoms with E-state index >= 15 is 0 Å². The zero-order valence-electron chi connectivity index (χ0n) is 19.0. The summed E-state index contributed by atoms with van der Waals surface area (Å²) in [7, 11) is 0. The molecule has 0 N–H and O–H groups in total. The van der Waals surface area contributed by atoms with Gasteiger partial charge in [-0.05, 0) is 55.2 Å². The highest BCUT2D eigenvalue weighted by molar-refractivity contribution is 6.36. The number of unbranched alkanes of at least 4 members (excludes halogenated alkanes) is 1. The minimum Gasteiger partial charge on any atom is -0.368 e. The molecule has 4 rings (SSSR count). The molecule has 2 aromatic rings. The first kappa shape index (κ1) is 22.4. The molecule has 1 saturated heterocycles. The van der Waals surface area contributed by atoms with Crippen molar-refractivity contribution in [3.05, 3.63) is 69.9 Å². The number of amides is 2. The first-order valence-corrected chi connectivity index (χ1v) is 11.7. The van der Waals surface area contributed by atoms with Gasteiger partial charge >= 0.3 is 0 Å². The van der Waals surface area contributed by atoms with Gasteiger partial charge in [-0.15, -0.1) is 0 Å². The number of imide groups is 1. The standard InChI is InChI=1S/C26H30ClN3O2/c1-4-5-13-30-25(31)23(20-9-11-21(27)12-10-20)24(26(30)32)29-16-14-28(15-17-29)22-8-6-7-18(2)19(22)3/h6-12H,4-5,13-17H2,1-3H3. The zero-order chi connectivity index (χ0) is 22.8. The van der Waals surface area contributed by atoms with E-state index in [2.05, 4.69) is 48.8 Å². The largest absolute Gasteiger partial charge is 0.368 e. The van der Waals surface area contributed by atoms with Crippen LogP contribution in [-0.2, 0) is 9.59 Å². The normalized spacial score (nSPS) is 17.1. The zero-order valence-corrected chi connectivity index (χ0v) is 19.8. The molecule has 5 nitrogen and oxygen atoms in total. The van der Waals surface area contributed by atoms with Crippen LogP contribution >= 0.6 is 11.6 Å². The maximum absolute atomic E-state index is 13.4. The highest BCUT2D eigenvalue weighted by atomic mass is 35.5. The molecule has 0 aromatic heterocycles. The van der Waals surface area contributed by atoms with Gasteiger partial charge in [-0.1, -0.05) is 49.2 Å². The number of hydrogen-bond acceptors (Lipinski definition) is 4. The van der Waals surface area contributed by atoms with Crippen molar-refractivity contribution in [1.82, 2.24) is 9.80 Å². The molecule has 6 heteroatoms. The fourth-order valence-electron chi connectivity index (χ4n) is 4.50. The van der Waals surface area contributed by atoms with E-state index in [0.29, 0.717) is 35.9 Å². The Morgan fingerprint density at radius 2 is 1.53 bits per heavy atom. The van der Waals surface area contributed by atoms with Crippen molar-refractivity contribution in [2.45, 2.75) is 33.6 Å². The Morgan fingerprint density at radius 3 is 2.19 bits per heavy atom. The number of carbonyl (C=O) groups excluding carboxylic acids is 2. The Balaban J connectivity index is 1.63. The van der Waals surface area contributed by atoms with E-state index < -0.39 is 0 Å². The van der Waals surface area contributed by atoms with Crippen LogP contribution in [0.2, 0.25) is 5.02 Å². The number of piperazine rings is 1. The molecule has 0 aliphatic carbocycles. The van der Waals surface area contributed by atoms with Gasteiger partial charge in [0.15, 0.2) is 0 Å². The van der Waals surface area contributed by atoms with Crippen LogP contribution in [0.3, 0.4) is 0 Å². The average molecular weight is 452 g/mol. The van der Waals surface area contributed by atoms with Gasteiger partial charge in [0.25, 0.3) is 11.8 Å². The minimum absolute atomic E-state index is 0.173. The molecule has 0 saturated carbocycles. The molecular formula is C26H30ClN3O2. The maximum atomic E-state index is 13.4. The molecule has 0 atom stereocenters. The fourth-order valence-corrected chi connectivity index (χ4v) is 4.63. The molecule has 2 amide bonds. The van der Waals surface area contributed by atoms with Gasteiger partial charge in [0, 0.05) is 43.4 Å². The number of carbonyl (C=O) groups is 2. The second-order valence-corrected chi connectivity index (χ2v) is 8.98. The molecule has 0 unspecified atom stereocenters. The predicted molar refractivity (Wildman–Crippen MR) is 130 cm³/mol. The van der Waals surface area contributed by atoms with Crippen LogP contribution < -0.4 is 4.90 Å². The SMILES string of the molecule is CCCCN1C(=O)C(c2ccc(Cl)cc2)=C(N2CCN(c3cccc(C)c3C)CC2)C1=O. The molecule has 32 heavy (non-hydrogen) atoms. The first-order chi connectivity index (χ1) is 15.4. The van der Waals surface area contributed by atoms with Crippen molar-refractivity contribution in [2.24, 2.45) is 0 Å². The Hall–Kier alpha value is -2.79. The summed E-state index contributed by atoms with van der Waals surface area (Å²) in [6.45, 7) is 9.80. The number of halogens is 1. The lowest BCUT2D eigenvalue weighted by Gasteiger charge is -2.38. The fraction of sp³-hybridized carbons (Fsp3) is 0.385. The molecule has 0 radical (unpaired) electrons. The first-order valence-electron chi connectivity index (χ1n) is 11.3. The van der Waals surface area contributed by atoms with Crippen LogP contribution in [0.5, 0.6) is 0 Å². The van der Waals surface area contributed by atoms with Crippen LogP contribution in [0.1, 0.15) is 36.5 Å². The van der Waals surface area contributed by atoms with E-state index in [-0.39, 0.29) is 11.8 Å². The quantitative estimate of drug-likeness (QED) is 0.599. The Bertz CT molecular complexity index is 1050. The van der Waals surface area contributed by atoms with E-state index in [4.69, 9.17) is 11.6 Å². The van der Waals surface area contributed by atoms with E-state index in [1.807, 2.05) is 12.1 Å². The number of benzene rings is 2. The highest BCUT2D eigenvalue weighted by Gasteiger charge is 2.41. The number of hydrogen-bond donors (Lipinski definition) is 0. The summed E-state index contributed by atoms with van der Waals surface area (Å²) >= 11 is 6.07. The van der Waals surface area contributed by atoms with Crippen molar-refractivity contribution < 1.29 is 9.59 Å². The van der Waals surface area contributed by atoms with E-state index in [1.165, 1.54) is 21.7 Å². The topological polar surface area (TPSA) is 43.9 Å². The van der Waals surface area contributed by atoms with E-state index in [9.17, 15) is 9.59 Å². The molecule has 2 aliphatic rings. The Kier molecular flexibility index (Phi) is 6.56. The average Bonchev–Trinajstić information content (AvgIpc) is 3.04. The van der Waals surface area contributed by atoms with Gasteiger partial charge in [0.05, 0.1) is 5.57 Å². The van der Waals surface area contributed by atoms with Gasteiger partial charge in [0.2, 0.25) is 0 Å². The third kappa shape index (κ3) is 4.14. The Morgan fingerprint density at radius 1 is 0.875 bits per heavy atom. The second-order valence-electron chi connectivity index (χ2n) is 8.54. The Labute approximate surface area is 195 Å². The van der Waals surface area contributed by atoms with Gasteiger partial charge in [-0.2, -0.15) is 0 Å². The van der Waals surface area contributed by atoms with Crippen molar-refractivity contribution in [3.63, 3.8) is 0 Å². The molecule has 2 aromatic carbocycles. The second kappa shape index (κ2) is 9.37. The van der Waals surface area contributed by atoms with E-state index in [1.54, 1.807) is 12.1 Å². The number of nitrogens with zero attached hydrogens (tertiary/aromatic N) is 3. The molecule has 2 heterocycles. The third-order valence-corrected chi connectivity index (χ3v) is 6.78. The van der Waals surface area contributed by atoms with Gasteiger partial charge in [-0.25, -0.2) is 0 Å². The summed E-state index contributed by atoms with van der Waals surface area (Å²) in [4.78, 5) is 32.6. The van der Waals surface area contributed by atoms with Crippen molar-refractivity contribution in [3.8, 4) is 0 Å². The van der Waals surface area contributed by atoms with Gasteiger partial charge in [-0.3, -0.25) is 14.5 Å². The number of rotatable bonds is 6. The van der Waals surface area contributed by atoms with Crippen molar-refractivity contribution >= 4 is 34.7 Å². The number of aryl methyl sites for hydroxylation is 1. The summed E-state index contributed by atoms with van der Waals surface area (Å²) < 4.78 is 0. The van der Waals surface area contributed by atoms with Gasteiger partial charge < -0.3 is 9.80 Å². The summed E-state index contributed by atoms with van der Waals surface area (Å²) in [5, 5.41) is 0.609. The highest BCUT2D eigenvalue weighted by Crippen LogP contribution is 2.34. The summed E-state index contributed by atoms with van der Waals surface area (Å²) in [5.74, 6) is -0.369. The summed E-state index contributed by atoms with van der Waals surface area (Å²) in [5.41, 5.74) is 5.60. The van der Waals surface area contributed by atoms with Crippen molar-refractivity contribution in [2.75, 3.05) is 37.6 Å². The molecule has 0 spiro atoms. The summed E-state index contributed by atoms with van der Waals surface area (Å²) in [6.07, 6.45) is 1.73. The van der Waals surface area contributed by atoms with Crippen LogP contribution in [-0.4, -0.2) is 54.3 Å².